The Kier molecular flexibility index (Phi) is 10.2. The van der Waals surface area contributed by atoms with Crippen molar-refractivity contribution in [2.45, 2.75) is 26.3 Å². The van der Waals surface area contributed by atoms with Gasteiger partial charge in [-0.2, -0.15) is 9.59 Å². The van der Waals surface area contributed by atoms with Crippen LogP contribution in [0.25, 0.3) is 0 Å². The summed E-state index contributed by atoms with van der Waals surface area (Å²) in [5, 5.41) is 0. The standard InChI is InChI=1S/C10H15N.CO2.ClH/c1-8-3-5-10(6-4-8)7-9(2)11;2-1-3;/h3-6,9H,7,11H2,1-2H3;;1H. The molecule has 0 amide bonds. The average Bonchev–Trinajstić information content (AvgIpc) is 2.09. The van der Waals surface area contributed by atoms with E-state index in [4.69, 9.17) is 9.59 Å². The molecule has 3 nitrogen and oxygen atoms in total. The molecule has 0 saturated carbocycles. The number of rotatable bonds is 2. The van der Waals surface area contributed by atoms with Gasteiger partial charge in [0.05, 0.1) is 6.04 Å². The van der Waals surface area contributed by atoms with Crippen molar-refractivity contribution >= 4 is 6.15 Å². The number of halogens is 1. The van der Waals surface area contributed by atoms with Gasteiger partial charge in [0.2, 0.25) is 0 Å². The molecule has 15 heavy (non-hydrogen) atoms. The van der Waals surface area contributed by atoms with Gasteiger partial charge < -0.3 is 18.1 Å². The van der Waals surface area contributed by atoms with Crippen molar-refractivity contribution in [2.24, 2.45) is 0 Å². The Labute approximate surface area is 96.1 Å². The summed E-state index contributed by atoms with van der Waals surface area (Å²) in [7, 11) is 0. The molecular formula is C11H16ClNO2. The van der Waals surface area contributed by atoms with Crippen LogP contribution in [0.5, 0.6) is 0 Å². The highest BCUT2D eigenvalue weighted by molar-refractivity contribution is 5.21. The number of carbonyl (C=O) groups excluding carboxylic acids is 2. The van der Waals surface area contributed by atoms with E-state index in [0.29, 0.717) is 6.04 Å². The van der Waals surface area contributed by atoms with Crippen molar-refractivity contribution in [3.63, 3.8) is 0 Å². The van der Waals surface area contributed by atoms with Gasteiger partial charge in [0.15, 0.2) is 0 Å². The molecule has 0 aromatic heterocycles. The number of benzene rings is 1. The van der Waals surface area contributed by atoms with Crippen molar-refractivity contribution in [2.75, 3.05) is 0 Å². The molecule has 0 heterocycles. The highest BCUT2D eigenvalue weighted by Crippen LogP contribution is 2.04. The summed E-state index contributed by atoms with van der Waals surface area (Å²) in [6.45, 7) is 4.25. The van der Waals surface area contributed by atoms with Gasteiger partial charge in [-0.25, -0.2) is 0 Å². The molecule has 1 atom stereocenters. The van der Waals surface area contributed by atoms with E-state index in [1.165, 1.54) is 11.1 Å². The molecule has 0 aliphatic carbocycles. The van der Waals surface area contributed by atoms with Gasteiger partial charge in [-0.1, -0.05) is 29.8 Å². The van der Waals surface area contributed by atoms with Gasteiger partial charge in [0, 0.05) is 6.42 Å². The summed E-state index contributed by atoms with van der Waals surface area (Å²) in [5.74, 6) is 0. The fourth-order valence-corrected chi connectivity index (χ4v) is 1.13. The lowest BCUT2D eigenvalue weighted by atomic mass is 10.1. The van der Waals surface area contributed by atoms with E-state index in [0.717, 1.165) is 6.42 Å². The van der Waals surface area contributed by atoms with Crippen LogP contribution in [-0.4, -0.2) is 12.2 Å². The number of hydrogen-bond acceptors (Lipinski definition) is 2. The SMILES string of the molecule is Cc1ccc(CC(C)[NH3+])cc1.O=C=O.[Cl-]. The van der Waals surface area contributed by atoms with E-state index in [9.17, 15) is 0 Å². The van der Waals surface area contributed by atoms with Crippen LogP contribution in [0.15, 0.2) is 24.3 Å². The Morgan fingerprint density at radius 2 is 1.67 bits per heavy atom. The van der Waals surface area contributed by atoms with E-state index >= 15 is 0 Å². The minimum Gasteiger partial charge on any atom is -1.00 e. The third-order valence-electron chi connectivity index (χ3n) is 1.70. The van der Waals surface area contributed by atoms with Crippen LogP contribution in [0.1, 0.15) is 18.1 Å². The van der Waals surface area contributed by atoms with Gasteiger partial charge in [-0.05, 0) is 19.4 Å². The van der Waals surface area contributed by atoms with Gasteiger partial charge in [0.25, 0.3) is 0 Å². The molecular weight excluding hydrogens is 214 g/mol. The van der Waals surface area contributed by atoms with E-state index < -0.39 is 0 Å². The molecule has 1 aromatic rings. The lowest BCUT2D eigenvalue weighted by Crippen LogP contribution is -3.00. The first-order valence-corrected chi connectivity index (χ1v) is 4.48. The third-order valence-corrected chi connectivity index (χ3v) is 1.70. The zero-order valence-electron chi connectivity index (χ0n) is 9.00. The Hall–Kier alpha value is -1.15. The van der Waals surface area contributed by atoms with Gasteiger partial charge in [-0.15, -0.1) is 0 Å². The first-order valence-electron chi connectivity index (χ1n) is 4.48. The van der Waals surface area contributed by atoms with Crippen LogP contribution in [0.3, 0.4) is 0 Å². The minimum atomic E-state index is 0. The number of hydrogen-bond donors (Lipinski definition) is 1. The Morgan fingerprint density at radius 1 is 1.27 bits per heavy atom. The van der Waals surface area contributed by atoms with E-state index in [1.807, 2.05) is 0 Å². The van der Waals surface area contributed by atoms with Gasteiger partial charge in [0.1, 0.15) is 0 Å². The molecule has 84 valence electrons. The van der Waals surface area contributed by atoms with E-state index in [2.05, 4.69) is 43.8 Å². The van der Waals surface area contributed by atoms with Crippen LogP contribution in [0, 0.1) is 6.92 Å². The second kappa shape index (κ2) is 9.41. The number of quaternary nitrogens is 1. The lowest BCUT2D eigenvalue weighted by molar-refractivity contribution is -0.413. The predicted octanol–water partition coefficient (Wildman–Crippen LogP) is -2.41. The maximum atomic E-state index is 8.12. The van der Waals surface area contributed by atoms with Crippen LogP contribution >= 0.6 is 0 Å². The monoisotopic (exact) mass is 229 g/mol. The molecule has 4 heteroatoms. The second-order valence-electron chi connectivity index (χ2n) is 3.38. The summed E-state index contributed by atoms with van der Waals surface area (Å²) in [4.78, 5) is 16.2. The van der Waals surface area contributed by atoms with Crippen molar-refractivity contribution in [1.82, 2.24) is 0 Å². The molecule has 1 aromatic carbocycles. The molecule has 0 spiro atoms. The van der Waals surface area contributed by atoms with Crippen molar-refractivity contribution in [3.05, 3.63) is 35.4 Å². The fourth-order valence-electron chi connectivity index (χ4n) is 1.13. The first kappa shape index (κ1) is 16.3. The zero-order chi connectivity index (χ0) is 11.0. The Balaban J connectivity index is 0. The molecule has 0 aliphatic heterocycles. The van der Waals surface area contributed by atoms with Crippen LogP contribution in [0.4, 0.5) is 0 Å². The summed E-state index contributed by atoms with van der Waals surface area (Å²) >= 11 is 0. The fraction of sp³-hybridized carbons (Fsp3) is 0.364. The average molecular weight is 230 g/mol. The van der Waals surface area contributed by atoms with E-state index in [-0.39, 0.29) is 18.6 Å². The van der Waals surface area contributed by atoms with Gasteiger partial charge >= 0.3 is 6.15 Å². The highest BCUT2D eigenvalue weighted by atomic mass is 35.5. The number of aryl methyl sites for hydroxylation is 1. The minimum absolute atomic E-state index is 0. The quantitative estimate of drug-likeness (QED) is 0.614. The molecule has 0 aliphatic rings. The molecule has 0 bridgehead atoms. The summed E-state index contributed by atoms with van der Waals surface area (Å²) in [6.07, 6.45) is 1.33. The summed E-state index contributed by atoms with van der Waals surface area (Å²) < 4.78 is 0. The molecule has 0 radical (unpaired) electrons. The largest absolute Gasteiger partial charge is 1.00 e. The van der Waals surface area contributed by atoms with Gasteiger partial charge in [-0.3, -0.25) is 0 Å². The maximum Gasteiger partial charge on any atom is 0.373 e. The topological polar surface area (TPSA) is 61.8 Å². The lowest BCUT2D eigenvalue weighted by Gasteiger charge is -2.01. The predicted molar refractivity (Wildman–Crippen MR) is 52.2 cm³/mol. The first-order chi connectivity index (χ1) is 6.60. The van der Waals surface area contributed by atoms with Crippen LogP contribution in [0.2, 0.25) is 0 Å². The smallest absolute Gasteiger partial charge is 0.373 e. The molecule has 0 fully saturated rings. The van der Waals surface area contributed by atoms with Crippen molar-refractivity contribution in [3.8, 4) is 0 Å². The third kappa shape index (κ3) is 9.16. The Morgan fingerprint density at radius 3 is 2.00 bits per heavy atom. The highest BCUT2D eigenvalue weighted by Gasteiger charge is 1.98. The van der Waals surface area contributed by atoms with Crippen LogP contribution < -0.4 is 18.1 Å². The van der Waals surface area contributed by atoms with Crippen molar-refractivity contribution in [1.29, 1.82) is 0 Å². The summed E-state index contributed by atoms with van der Waals surface area (Å²) in [6, 6.07) is 9.17. The second-order valence-corrected chi connectivity index (χ2v) is 3.38. The molecule has 3 N–H and O–H groups in total. The molecule has 1 rings (SSSR count). The maximum absolute atomic E-state index is 8.12. The zero-order valence-corrected chi connectivity index (χ0v) is 9.75. The Bertz CT molecular complexity index is 290. The molecule has 0 saturated heterocycles. The normalized spacial score (nSPS) is 10.1. The van der Waals surface area contributed by atoms with Crippen molar-refractivity contribution < 1.29 is 27.7 Å². The molecule has 1 unspecified atom stereocenters. The van der Waals surface area contributed by atoms with Crippen LogP contribution in [-0.2, 0) is 16.0 Å². The van der Waals surface area contributed by atoms with E-state index in [1.54, 1.807) is 0 Å². The summed E-state index contributed by atoms with van der Waals surface area (Å²) in [5.41, 5.74) is 6.67.